The number of rotatable bonds is 5. The zero-order chi connectivity index (χ0) is 10.3. The van der Waals surface area contributed by atoms with Gasteiger partial charge in [-0.1, -0.05) is 6.08 Å². The lowest BCUT2D eigenvalue weighted by Gasteiger charge is -2.18. The van der Waals surface area contributed by atoms with Gasteiger partial charge in [-0.15, -0.1) is 0 Å². The molecule has 0 bridgehead atoms. The molecule has 5 heteroatoms. The highest BCUT2D eigenvalue weighted by Crippen LogP contribution is 1.99. The van der Waals surface area contributed by atoms with Gasteiger partial charge < -0.3 is 20.1 Å². The molecule has 76 valence electrons. The van der Waals surface area contributed by atoms with Crippen molar-refractivity contribution in [3.05, 3.63) is 12.2 Å². The van der Waals surface area contributed by atoms with Crippen LogP contribution in [0.4, 0.5) is 0 Å². The average Bonchev–Trinajstić information content (AvgIpc) is 2.13. The number of hydrogen-bond acceptors (Lipinski definition) is 5. The fourth-order valence-electron chi connectivity index (χ4n) is 0.680. The standard InChI is InChI=1S/C8H14O5/c1-2-3-8(12)13-7(5-10)6(11)4-9/h2-3,6-7,9-11H,4-5H2,1H3/b3-2-. The van der Waals surface area contributed by atoms with Crippen molar-refractivity contribution in [3.8, 4) is 0 Å². The normalized spacial score (nSPS) is 15.7. The van der Waals surface area contributed by atoms with Gasteiger partial charge in [-0.25, -0.2) is 4.79 Å². The van der Waals surface area contributed by atoms with Crippen LogP contribution in [-0.4, -0.2) is 46.7 Å². The molecule has 2 unspecified atom stereocenters. The van der Waals surface area contributed by atoms with Crippen LogP contribution in [0.3, 0.4) is 0 Å². The lowest BCUT2D eigenvalue weighted by molar-refractivity contribution is -0.153. The third-order valence-corrected chi connectivity index (χ3v) is 1.37. The quantitative estimate of drug-likeness (QED) is 0.375. The van der Waals surface area contributed by atoms with E-state index in [1.165, 1.54) is 6.08 Å². The van der Waals surface area contributed by atoms with Crippen LogP contribution in [0.15, 0.2) is 12.2 Å². The Morgan fingerprint density at radius 3 is 2.46 bits per heavy atom. The number of aliphatic hydroxyl groups is 3. The second kappa shape index (κ2) is 6.59. The summed E-state index contributed by atoms with van der Waals surface area (Å²) in [6.45, 7) is 0.553. The van der Waals surface area contributed by atoms with E-state index < -0.39 is 31.4 Å². The third-order valence-electron chi connectivity index (χ3n) is 1.37. The van der Waals surface area contributed by atoms with Crippen molar-refractivity contribution < 1.29 is 24.9 Å². The van der Waals surface area contributed by atoms with Gasteiger partial charge in [-0.2, -0.15) is 0 Å². The van der Waals surface area contributed by atoms with Gasteiger partial charge in [0.15, 0.2) is 6.10 Å². The Bertz CT molecular complexity index is 177. The van der Waals surface area contributed by atoms with Crippen molar-refractivity contribution in [2.45, 2.75) is 19.1 Å². The molecule has 2 atom stereocenters. The van der Waals surface area contributed by atoms with Gasteiger partial charge in [0.25, 0.3) is 0 Å². The van der Waals surface area contributed by atoms with Crippen molar-refractivity contribution >= 4 is 5.97 Å². The highest BCUT2D eigenvalue weighted by Gasteiger charge is 2.20. The summed E-state index contributed by atoms with van der Waals surface area (Å²) in [5, 5.41) is 26.2. The predicted molar refractivity (Wildman–Crippen MR) is 44.9 cm³/mol. The van der Waals surface area contributed by atoms with Crippen LogP contribution in [0.25, 0.3) is 0 Å². The molecule has 0 heterocycles. The van der Waals surface area contributed by atoms with Crippen LogP contribution < -0.4 is 0 Å². The summed E-state index contributed by atoms with van der Waals surface area (Å²) in [5.74, 6) is -0.658. The zero-order valence-electron chi connectivity index (χ0n) is 7.38. The maximum Gasteiger partial charge on any atom is 0.330 e. The smallest absolute Gasteiger partial charge is 0.330 e. The second-order valence-electron chi connectivity index (χ2n) is 2.41. The zero-order valence-corrected chi connectivity index (χ0v) is 7.38. The minimum absolute atomic E-state index is 0.523. The lowest BCUT2D eigenvalue weighted by atomic mass is 10.2. The monoisotopic (exact) mass is 190 g/mol. The maximum absolute atomic E-state index is 10.8. The molecule has 0 amide bonds. The molecule has 0 radical (unpaired) electrons. The molecule has 0 aromatic heterocycles. The van der Waals surface area contributed by atoms with Gasteiger partial charge in [0, 0.05) is 6.08 Å². The minimum Gasteiger partial charge on any atom is -0.454 e. The Kier molecular flexibility index (Phi) is 6.13. The molecule has 0 spiro atoms. The van der Waals surface area contributed by atoms with Crippen molar-refractivity contribution in [2.75, 3.05) is 13.2 Å². The highest BCUT2D eigenvalue weighted by atomic mass is 16.6. The van der Waals surface area contributed by atoms with Gasteiger partial charge in [0.1, 0.15) is 6.10 Å². The molecule has 0 fully saturated rings. The van der Waals surface area contributed by atoms with E-state index in [1.54, 1.807) is 6.92 Å². The van der Waals surface area contributed by atoms with Crippen LogP contribution in [0.5, 0.6) is 0 Å². The number of carbonyl (C=O) groups excluding carboxylic acids is 1. The number of ether oxygens (including phenoxy) is 1. The molecule has 13 heavy (non-hydrogen) atoms. The van der Waals surface area contributed by atoms with E-state index in [-0.39, 0.29) is 0 Å². The van der Waals surface area contributed by atoms with Crippen LogP contribution in [0.2, 0.25) is 0 Å². The Morgan fingerprint density at radius 2 is 2.08 bits per heavy atom. The first-order valence-corrected chi connectivity index (χ1v) is 3.88. The molecular formula is C8H14O5. The lowest BCUT2D eigenvalue weighted by Crippen LogP contribution is -2.36. The van der Waals surface area contributed by atoms with Crippen molar-refractivity contribution in [1.82, 2.24) is 0 Å². The first kappa shape index (κ1) is 12.1. The SMILES string of the molecule is C/C=C\C(=O)OC(CO)C(O)CO. The van der Waals surface area contributed by atoms with Crippen molar-refractivity contribution in [3.63, 3.8) is 0 Å². The predicted octanol–water partition coefficient (Wildman–Crippen LogP) is -1.18. The Balaban J connectivity index is 4.04. The molecule has 0 aliphatic carbocycles. The van der Waals surface area contributed by atoms with E-state index >= 15 is 0 Å². The van der Waals surface area contributed by atoms with Gasteiger partial charge >= 0.3 is 5.97 Å². The maximum atomic E-state index is 10.8. The van der Waals surface area contributed by atoms with Crippen LogP contribution in [-0.2, 0) is 9.53 Å². The number of esters is 1. The van der Waals surface area contributed by atoms with Gasteiger partial charge in [-0.3, -0.25) is 0 Å². The molecule has 3 N–H and O–H groups in total. The molecule has 0 aromatic rings. The molecule has 0 aromatic carbocycles. The van der Waals surface area contributed by atoms with E-state index in [0.29, 0.717) is 0 Å². The molecule has 0 saturated carbocycles. The van der Waals surface area contributed by atoms with Crippen LogP contribution in [0.1, 0.15) is 6.92 Å². The third kappa shape index (κ3) is 4.62. The molecule has 0 saturated heterocycles. The number of allylic oxidation sites excluding steroid dienone is 1. The number of carbonyl (C=O) groups is 1. The molecule has 0 aliphatic rings. The fourth-order valence-corrected chi connectivity index (χ4v) is 0.680. The summed E-state index contributed by atoms with van der Waals surface area (Å²) in [4.78, 5) is 10.8. The van der Waals surface area contributed by atoms with Crippen LogP contribution in [0, 0.1) is 0 Å². The van der Waals surface area contributed by atoms with Crippen molar-refractivity contribution in [2.24, 2.45) is 0 Å². The minimum atomic E-state index is -1.25. The first-order chi connectivity index (χ1) is 6.15. The number of aliphatic hydroxyl groups excluding tert-OH is 3. The van der Waals surface area contributed by atoms with Gasteiger partial charge in [0.05, 0.1) is 13.2 Å². The van der Waals surface area contributed by atoms with E-state index in [9.17, 15) is 4.79 Å². The largest absolute Gasteiger partial charge is 0.454 e. The topological polar surface area (TPSA) is 87.0 Å². The van der Waals surface area contributed by atoms with Crippen LogP contribution >= 0.6 is 0 Å². The van der Waals surface area contributed by atoms with E-state index in [2.05, 4.69) is 4.74 Å². The molecule has 0 aliphatic heterocycles. The second-order valence-corrected chi connectivity index (χ2v) is 2.41. The Hall–Kier alpha value is -0.910. The first-order valence-electron chi connectivity index (χ1n) is 3.88. The van der Waals surface area contributed by atoms with Gasteiger partial charge in [-0.05, 0) is 6.92 Å². The average molecular weight is 190 g/mol. The summed E-state index contributed by atoms with van der Waals surface area (Å²) >= 11 is 0. The summed E-state index contributed by atoms with van der Waals surface area (Å²) < 4.78 is 4.61. The van der Waals surface area contributed by atoms with Crippen molar-refractivity contribution in [1.29, 1.82) is 0 Å². The molecule has 0 rings (SSSR count). The summed E-state index contributed by atoms with van der Waals surface area (Å²) in [7, 11) is 0. The number of hydrogen-bond donors (Lipinski definition) is 3. The summed E-state index contributed by atoms with van der Waals surface area (Å²) in [6, 6.07) is 0. The Morgan fingerprint density at radius 1 is 1.46 bits per heavy atom. The molecular weight excluding hydrogens is 176 g/mol. The highest BCUT2D eigenvalue weighted by molar-refractivity contribution is 5.81. The van der Waals surface area contributed by atoms with Gasteiger partial charge in [0.2, 0.25) is 0 Å². The van der Waals surface area contributed by atoms with E-state index in [1.807, 2.05) is 0 Å². The fraction of sp³-hybridized carbons (Fsp3) is 0.625. The summed E-state index contributed by atoms with van der Waals surface area (Å²) in [6.07, 6.45) is 0.308. The van der Waals surface area contributed by atoms with E-state index in [4.69, 9.17) is 15.3 Å². The Labute approximate surface area is 76.3 Å². The summed E-state index contributed by atoms with van der Waals surface area (Å²) in [5.41, 5.74) is 0. The molecule has 5 nitrogen and oxygen atoms in total. The van der Waals surface area contributed by atoms with E-state index in [0.717, 1.165) is 6.08 Å².